The Hall–Kier alpha value is -0.345. The number of hydrogen-bond donors (Lipinski definition) is 0. The van der Waals surface area contributed by atoms with E-state index in [-0.39, 0.29) is 46.0 Å². The average molecular weight is 397 g/mol. The Morgan fingerprint density at radius 1 is 1.36 bits per heavy atom. The number of ether oxygens (including phenoxy) is 1. The van der Waals surface area contributed by atoms with Crippen LogP contribution < -0.4 is 12.4 Å². The van der Waals surface area contributed by atoms with E-state index in [4.69, 9.17) is 0 Å². The molecule has 0 saturated carbocycles. The third-order valence-corrected chi connectivity index (χ3v) is 1.22. The summed E-state index contributed by atoms with van der Waals surface area (Å²) >= 11 is 0. The van der Waals surface area contributed by atoms with Crippen molar-refractivity contribution in [2.45, 2.75) is 6.92 Å². The first kappa shape index (κ1) is 16.1. The van der Waals surface area contributed by atoms with Gasteiger partial charge < -0.3 is 17.1 Å². The predicted octanol–water partition coefficient (Wildman–Crippen LogP) is -1.08. The van der Waals surface area contributed by atoms with Crippen LogP contribution in [0.1, 0.15) is 12.5 Å². The van der Waals surface area contributed by atoms with Crippen molar-refractivity contribution >= 4 is 5.97 Å². The van der Waals surface area contributed by atoms with Crippen LogP contribution in [0.15, 0.2) is 36.6 Å². The predicted molar refractivity (Wildman–Crippen MR) is 45.1 cm³/mol. The molecule has 0 heterocycles. The molecule has 2 radical (unpaired) electrons. The molecule has 0 atom stereocenters. The summed E-state index contributed by atoms with van der Waals surface area (Å²) in [5.41, 5.74) is 0.888. The van der Waals surface area contributed by atoms with Gasteiger partial charge in [0.2, 0.25) is 0 Å². The maximum atomic E-state index is 10.3. The van der Waals surface area contributed by atoms with Gasteiger partial charge in [0.25, 0.3) is 0 Å². The molecule has 2 nitrogen and oxygen atoms in total. The fourth-order valence-corrected chi connectivity index (χ4v) is 0.715. The van der Waals surface area contributed by atoms with Crippen molar-refractivity contribution in [3.05, 3.63) is 48.2 Å². The number of halogens is 1. The van der Waals surface area contributed by atoms with Crippen LogP contribution in [0.2, 0.25) is 0 Å². The Kier molecular flexibility index (Phi) is 10.6. The van der Waals surface area contributed by atoms with Gasteiger partial charge in [-0.05, 0) is 5.56 Å². The SMILES string of the molecule is CC(=O)OC=[C]c1ccccc1.[Cl-].[Hg+]. The van der Waals surface area contributed by atoms with Crippen LogP contribution in [0.4, 0.5) is 0 Å². The number of hydrogen-bond acceptors (Lipinski definition) is 2. The molecule has 4 heteroatoms. The Labute approximate surface area is 110 Å². The van der Waals surface area contributed by atoms with Gasteiger partial charge >= 0.3 is 33.6 Å². The molecule has 0 fully saturated rings. The standard InChI is InChI=1S/C10H9O2.ClH.Hg/c1-9(11)12-8-7-10-5-3-2-4-6-10;;/h2-6,8H,1H3;1H;/q;;+1/p-1. The molecule has 1 aromatic rings. The van der Waals surface area contributed by atoms with Gasteiger partial charge in [0.15, 0.2) is 0 Å². The molecule has 1 rings (SSSR count). The van der Waals surface area contributed by atoms with E-state index in [1.54, 1.807) is 0 Å². The van der Waals surface area contributed by atoms with Crippen LogP contribution >= 0.6 is 0 Å². The van der Waals surface area contributed by atoms with E-state index in [0.29, 0.717) is 0 Å². The molecular weight excluding hydrogens is 388 g/mol. The second-order valence-corrected chi connectivity index (χ2v) is 2.24. The maximum absolute atomic E-state index is 10.3. The summed E-state index contributed by atoms with van der Waals surface area (Å²) in [6.45, 7) is 1.35. The Morgan fingerprint density at radius 2 is 1.93 bits per heavy atom. The Bertz CT molecular complexity index is 285. The van der Waals surface area contributed by atoms with Crippen molar-refractivity contribution in [3.63, 3.8) is 0 Å². The minimum atomic E-state index is -0.335. The monoisotopic (exact) mass is 398 g/mol. The zero-order valence-electron chi connectivity index (χ0n) is 7.87. The van der Waals surface area contributed by atoms with Gasteiger partial charge in [0, 0.05) is 13.0 Å². The minimum absolute atomic E-state index is 0. The summed E-state index contributed by atoms with van der Waals surface area (Å²) in [5, 5.41) is 0. The normalized spacial score (nSPS) is 8.64. The van der Waals surface area contributed by atoms with Crippen LogP contribution in [-0.4, -0.2) is 5.97 Å². The van der Waals surface area contributed by atoms with E-state index in [1.807, 2.05) is 30.3 Å². The first-order valence-electron chi connectivity index (χ1n) is 3.59. The molecule has 0 spiro atoms. The molecule has 0 bridgehead atoms. The van der Waals surface area contributed by atoms with E-state index >= 15 is 0 Å². The van der Waals surface area contributed by atoms with Crippen LogP contribution in [-0.2, 0) is 37.2 Å². The molecule has 0 aromatic heterocycles. The summed E-state index contributed by atoms with van der Waals surface area (Å²) in [5.74, 6) is -0.335. The quantitative estimate of drug-likeness (QED) is 0.361. The van der Waals surface area contributed by atoms with Gasteiger partial charge in [0.05, 0.1) is 0 Å². The van der Waals surface area contributed by atoms with Crippen molar-refractivity contribution in [1.29, 1.82) is 0 Å². The molecule has 0 aliphatic rings. The smallest absolute Gasteiger partial charge is 1.00 e. The molecular formula is C10H9ClHgO2. The fourth-order valence-electron chi connectivity index (χ4n) is 0.715. The second-order valence-electron chi connectivity index (χ2n) is 2.24. The molecule has 0 N–H and O–H groups in total. The molecule has 0 aliphatic heterocycles. The van der Waals surface area contributed by atoms with E-state index in [1.165, 1.54) is 13.2 Å². The molecule has 0 aliphatic carbocycles. The molecule has 0 saturated heterocycles. The number of rotatable bonds is 2. The number of benzene rings is 1. The molecule has 70 valence electrons. The third-order valence-electron chi connectivity index (χ3n) is 1.22. The fraction of sp³-hybridized carbons (Fsp3) is 0.100. The summed E-state index contributed by atoms with van der Waals surface area (Å²) in [6.07, 6.45) is 4.07. The molecule has 14 heavy (non-hydrogen) atoms. The van der Waals surface area contributed by atoms with Crippen molar-refractivity contribution in [2.24, 2.45) is 0 Å². The first-order valence-corrected chi connectivity index (χ1v) is 3.59. The van der Waals surface area contributed by atoms with E-state index in [9.17, 15) is 4.79 Å². The van der Waals surface area contributed by atoms with Crippen molar-refractivity contribution in [3.8, 4) is 0 Å². The summed E-state index contributed by atoms with van der Waals surface area (Å²) < 4.78 is 4.57. The van der Waals surface area contributed by atoms with Crippen LogP contribution in [0.5, 0.6) is 0 Å². The largest absolute Gasteiger partial charge is 1.00 e. The molecule has 0 unspecified atom stereocenters. The number of carbonyl (C=O) groups is 1. The zero-order chi connectivity index (χ0) is 8.81. The van der Waals surface area contributed by atoms with Crippen LogP contribution in [0.25, 0.3) is 0 Å². The van der Waals surface area contributed by atoms with Crippen LogP contribution in [0.3, 0.4) is 0 Å². The van der Waals surface area contributed by atoms with Crippen molar-refractivity contribution < 1.29 is 49.6 Å². The first-order chi connectivity index (χ1) is 5.79. The van der Waals surface area contributed by atoms with E-state index in [0.717, 1.165) is 5.56 Å². The molecule has 0 amide bonds. The second kappa shape index (κ2) is 9.22. The zero-order valence-corrected chi connectivity index (χ0v) is 14.1. The number of carbonyl (C=O) groups excluding carboxylic acids is 1. The van der Waals surface area contributed by atoms with Gasteiger partial charge in [0.1, 0.15) is 6.26 Å². The summed E-state index contributed by atoms with van der Waals surface area (Å²) in [6, 6.07) is 9.45. The minimum Gasteiger partial charge on any atom is -1.00 e. The van der Waals surface area contributed by atoms with Gasteiger partial charge in [-0.3, -0.25) is 4.79 Å². The van der Waals surface area contributed by atoms with Gasteiger partial charge in [-0.1, -0.05) is 30.3 Å². The maximum Gasteiger partial charge on any atom is 1.00 e. The summed E-state index contributed by atoms with van der Waals surface area (Å²) in [7, 11) is 0. The Morgan fingerprint density at radius 3 is 2.43 bits per heavy atom. The van der Waals surface area contributed by atoms with Crippen molar-refractivity contribution in [2.75, 3.05) is 0 Å². The average Bonchev–Trinajstić information content (AvgIpc) is 2.05. The summed E-state index contributed by atoms with van der Waals surface area (Å²) in [4.78, 5) is 10.3. The van der Waals surface area contributed by atoms with Gasteiger partial charge in [-0.25, -0.2) is 0 Å². The third kappa shape index (κ3) is 7.10. The van der Waals surface area contributed by atoms with Crippen molar-refractivity contribution in [1.82, 2.24) is 0 Å². The van der Waals surface area contributed by atoms with Gasteiger partial charge in [-0.15, -0.1) is 0 Å². The van der Waals surface area contributed by atoms with Crippen LogP contribution in [0, 0.1) is 6.08 Å². The molecule has 1 aromatic carbocycles. The number of esters is 1. The Balaban J connectivity index is 0. The van der Waals surface area contributed by atoms with E-state index in [2.05, 4.69) is 10.8 Å². The van der Waals surface area contributed by atoms with Gasteiger partial charge in [-0.2, -0.15) is 0 Å². The topological polar surface area (TPSA) is 26.3 Å². The van der Waals surface area contributed by atoms with E-state index < -0.39 is 0 Å².